The van der Waals surface area contributed by atoms with Gasteiger partial charge in [-0.05, 0) is 6.92 Å². The number of amides is 1. The summed E-state index contributed by atoms with van der Waals surface area (Å²) >= 11 is 1.33. The molecule has 0 saturated carbocycles. The Bertz CT molecular complexity index is 774. The average Bonchev–Trinajstić information content (AvgIpc) is 3.08. The maximum absolute atomic E-state index is 12.3. The Morgan fingerprint density at radius 1 is 1.50 bits per heavy atom. The number of hydrogen-bond acceptors (Lipinski definition) is 5. The minimum atomic E-state index is -0.334. The van der Waals surface area contributed by atoms with Gasteiger partial charge in [-0.3, -0.25) is 14.9 Å². The van der Waals surface area contributed by atoms with E-state index in [9.17, 15) is 9.59 Å². The van der Waals surface area contributed by atoms with Gasteiger partial charge >= 0.3 is 0 Å². The molecule has 1 amide bonds. The van der Waals surface area contributed by atoms with E-state index in [0.717, 1.165) is 0 Å². The molecule has 0 radical (unpaired) electrons. The molecule has 8 heteroatoms. The smallest absolute Gasteiger partial charge is 0.275 e. The van der Waals surface area contributed by atoms with Gasteiger partial charge in [0, 0.05) is 30.5 Å². The van der Waals surface area contributed by atoms with Gasteiger partial charge in [0.1, 0.15) is 5.69 Å². The van der Waals surface area contributed by atoms with Crippen LogP contribution in [0.3, 0.4) is 0 Å². The number of thiazole rings is 1. The molecule has 0 bridgehead atoms. The molecule has 0 aromatic carbocycles. The number of hydrogen-bond donors (Lipinski definition) is 2. The number of nitrogens with one attached hydrogen (secondary N) is 2. The number of fused-ring (bicyclic) bond motifs is 1. The quantitative estimate of drug-likeness (QED) is 0.762. The lowest BCUT2D eigenvalue weighted by molar-refractivity contribution is 0.102. The van der Waals surface area contributed by atoms with Crippen molar-refractivity contribution in [3.05, 3.63) is 39.9 Å². The Labute approximate surface area is 117 Å². The monoisotopic (exact) mass is 289 g/mol. The number of anilines is 1. The summed E-state index contributed by atoms with van der Waals surface area (Å²) < 4.78 is 1.77. The van der Waals surface area contributed by atoms with Gasteiger partial charge in [-0.1, -0.05) is 0 Å². The van der Waals surface area contributed by atoms with Gasteiger partial charge < -0.3 is 4.57 Å². The predicted octanol–water partition coefficient (Wildman–Crippen LogP) is 1.40. The van der Waals surface area contributed by atoms with Crippen molar-refractivity contribution in [2.45, 2.75) is 13.5 Å². The topological polar surface area (TPSA) is 92.7 Å². The Kier molecular flexibility index (Phi) is 3.07. The van der Waals surface area contributed by atoms with E-state index in [1.54, 1.807) is 28.5 Å². The number of aromatic nitrogens is 4. The number of carbonyl (C=O) groups excluding carboxylic acids is 1. The molecule has 1 aromatic rings. The molecule has 0 saturated heterocycles. The number of pyridine rings is 1. The fraction of sp³-hybridized carbons (Fsp3) is 0.167. The van der Waals surface area contributed by atoms with Crippen LogP contribution >= 0.6 is 11.3 Å². The van der Waals surface area contributed by atoms with Crippen LogP contribution in [0.1, 0.15) is 17.3 Å². The maximum atomic E-state index is 12.3. The molecule has 0 fully saturated rings. The Hall–Kier alpha value is -2.48. The van der Waals surface area contributed by atoms with E-state index in [0.29, 0.717) is 28.5 Å². The third-order valence-electron chi connectivity index (χ3n) is 2.88. The second-order valence-corrected chi connectivity index (χ2v) is 5.00. The third-order valence-corrected chi connectivity index (χ3v) is 3.57. The van der Waals surface area contributed by atoms with Crippen LogP contribution in [0, 0.1) is 0 Å². The number of aromatic amines is 1. The van der Waals surface area contributed by atoms with Crippen molar-refractivity contribution in [1.29, 1.82) is 0 Å². The highest BCUT2D eigenvalue weighted by molar-refractivity contribution is 7.13. The van der Waals surface area contributed by atoms with Gasteiger partial charge in [0.2, 0.25) is 0 Å². The van der Waals surface area contributed by atoms with Gasteiger partial charge in [0.25, 0.3) is 11.5 Å². The van der Waals surface area contributed by atoms with Gasteiger partial charge in [0.05, 0.1) is 11.1 Å². The lowest BCUT2D eigenvalue weighted by Crippen LogP contribution is -2.16. The predicted molar refractivity (Wildman–Crippen MR) is 75.2 cm³/mol. The molecule has 7 nitrogen and oxygen atoms in total. The molecule has 0 unspecified atom stereocenters. The number of H-pyrrole nitrogens is 1. The second kappa shape index (κ2) is 4.89. The summed E-state index contributed by atoms with van der Waals surface area (Å²) in [6, 6.07) is 0. The lowest BCUT2D eigenvalue weighted by atomic mass is 10.1. The second-order valence-electron chi connectivity index (χ2n) is 4.11. The molecule has 2 aliphatic heterocycles. The molecule has 20 heavy (non-hydrogen) atoms. The van der Waals surface area contributed by atoms with Crippen molar-refractivity contribution in [3.8, 4) is 11.3 Å². The first-order valence-corrected chi connectivity index (χ1v) is 6.86. The van der Waals surface area contributed by atoms with Crippen LogP contribution in [-0.2, 0) is 6.54 Å². The van der Waals surface area contributed by atoms with Crippen LogP contribution in [0.2, 0.25) is 0 Å². The van der Waals surface area contributed by atoms with E-state index in [2.05, 4.69) is 20.5 Å². The van der Waals surface area contributed by atoms with Crippen LogP contribution in [-0.4, -0.2) is 25.7 Å². The standard InChI is InChI=1S/C12H11N5O2S/c1-2-17-5-7(9-8(6-17)11(19)16-15-9)10(18)14-12-13-3-4-20-12/h3-6H,2H2,1H3,(H,16,19)(H,13,14,18). The molecule has 3 heterocycles. The molecule has 3 rings (SSSR count). The molecule has 0 atom stereocenters. The summed E-state index contributed by atoms with van der Waals surface area (Å²) in [5.41, 5.74) is 0.816. The van der Waals surface area contributed by atoms with Crippen molar-refractivity contribution >= 4 is 22.4 Å². The normalized spacial score (nSPS) is 10.8. The molecule has 2 aliphatic rings. The number of carbonyl (C=O) groups is 1. The summed E-state index contributed by atoms with van der Waals surface area (Å²) in [4.78, 5) is 28.0. The molecular weight excluding hydrogens is 278 g/mol. The van der Waals surface area contributed by atoms with E-state index in [1.165, 1.54) is 11.3 Å². The van der Waals surface area contributed by atoms with Crippen LogP contribution in [0.4, 0.5) is 5.13 Å². The Balaban J connectivity index is 2.05. The van der Waals surface area contributed by atoms with Crippen LogP contribution in [0.25, 0.3) is 11.3 Å². The summed E-state index contributed by atoms with van der Waals surface area (Å²) in [6.45, 7) is 2.58. The summed E-state index contributed by atoms with van der Waals surface area (Å²) in [7, 11) is 0. The summed E-state index contributed by atoms with van der Waals surface area (Å²) in [5, 5.41) is 11.3. The van der Waals surface area contributed by atoms with Crippen LogP contribution in [0.5, 0.6) is 0 Å². The number of rotatable bonds is 3. The van der Waals surface area contributed by atoms with E-state index < -0.39 is 0 Å². The number of aryl methyl sites for hydroxylation is 1. The van der Waals surface area contributed by atoms with Crippen molar-refractivity contribution in [3.63, 3.8) is 0 Å². The van der Waals surface area contributed by atoms with Crippen LogP contribution < -0.4 is 10.9 Å². The maximum Gasteiger partial charge on any atom is 0.275 e. The highest BCUT2D eigenvalue weighted by Crippen LogP contribution is 2.21. The van der Waals surface area contributed by atoms with E-state index in [1.807, 2.05) is 6.92 Å². The van der Waals surface area contributed by atoms with Gasteiger partial charge in [-0.25, -0.2) is 10.1 Å². The molecule has 1 aromatic heterocycles. The molecular formula is C12H11N5O2S. The highest BCUT2D eigenvalue weighted by Gasteiger charge is 2.21. The first-order chi connectivity index (χ1) is 9.69. The minimum Gasteiger partial charge on any atom is -0.353 e. The number of nitrogens with zero attached hydrogens (tertiary/aromatic N) is 3. The zero-order valence-corrected chi connectivity index (χ0v) is 11.4. The van der Waals surface area contributed by atoms with E-state index >= 15 is 0 Å². The third kappa shape index (κ3) is 2.10. The fourth-order valence-corrected chi connectivity index (χ4v) is 2.41. The fourth-order valence-electron chi connectivity index (χ4n) is 1.89. The van der Waals surface area contributed by atoms with Crippen LogP contribution in [0.15, 0.2) is 28.8 Å². The lowest BCUT2D eigenvalue weighted by Gasteiger charge is -2.10. The minimum absolute atomic E-state index is 0.300. The van der Waals surface area contributed by atoms with Crippen molar-refractivity contribution in [1.82, 2.24) is 19.7 Å². The zero-order chi connectivity index (χ0) is 14.1. The molecule has 0 aliphatic carbocycles. The van der Waals surface area contributed by atoms with E-state index in [4.69, 9.17) is 0 Å². The molecule has 0 spiro atoms. The molecule has 2 N–H and O–H groups in total. The van der Waals surface area contributed by atoms with Gasteiger partial charge in [0.15, 0.2) is 5.13 Å². The average molecular weight is 289 g/mol. The van der Waals surface area contributed by atoms with Crippen molar-refractivity contribution < 1.29 is 4.79 Å². The van der Waals surface area contributed by atoms with Gasteiger partial charge in [-0.15, -0.1) is 11.3 Å². The van der Waals surface area contributed by atoms with E-state index in [-0.39, 0.29) is 11.5 Å². The Morgan fingerprint density at radius 3 is 3.05 bits per heavy atom. The van der Waals surface area contributed by atoms with Crippen molar-refractivity contribution in [2.75, 3.05) is 5.32 Å². The molecule has 102 valence electrons. The first-order valence-electron chi connectivity index (χ1n) is 5.98. The SMILES string of the molecule is CCn1cc(C(=O)Nc2nccs2)c2n[nH]c(=O)c-2c1. The Morgan fingerprint density at radius 2 is 2.35 bits per heavy atom. The first kappa shape index (κ1) is 12.5. The van der Waals surface area contributed by atoms with Gasteiger partial charge in [-0.2, -0.15) is 5.10 Å². The zero-order valence-electron chi connectivity index (χ0n) is 10.6. The summed E-state index contributed by atoms with van der Waals surface area (Å²) in [5.74, 6) is -0.334. The summed E-state index contributed by atoms with van der Waals surface area (Å²) in [6.07, 6.45) is 4.96. The van der Waals surface area contributed by atoms with Crippen molar-refractivity contribution in [2.24, 2.45) is 0 Å². The largest absolute Gasteiger partial charge is 0.353 e. The highest BCUT2D eigenvalue weighted by atomic mass is 32.1.